The zero-order chi connectivity index (χ0) is 15.1. The van der Waals surface area contributed by atoms with Crippen LogP contribution in [0.2, 0.25) is 0 Å². The Morgan fingerprint density at radius 1 is 1.30 bits per heavy atom. The molecule has 0 bridgehead atoms. The number of phenols is 1. The molecule has 1 rings (SSSR count). The SMILES string of the molecule is CCCN(CC(=O)OC)C(=O)c1cc(OC)ccc1O. The van der Waals surface area contributed by atoms with Gasteiger partial charge < -0.3 is 19.5 Å². The van der Waals surface area contributed by atoms with Gasteiger partial charge in [0.05, 0.1) is 19.8 Å². The number of benzene rings is 1. The number of phenolic OH excluding ortho intramolecular Hbond substituents is 1. The smallest absolute Gasteiger partial charge is 0.325 e. The van der Waals surface area contributed by atoms with Gasteiger partial charge in [-0.2, -0.15) is 0 Å². The summed E-state index contributed by atoms with van der Waals surface area (Å²) in [7, 11) is 2.73. The van der Waals surface area contributed by atoms with Crippen LogP contribution in [0, 0.1) is 0 Å². The first-order valence-electron chi connectivity index (χ1n) is 6.26. The highest BCUT2D eigenvalue weighted by Crippen LogP contribution is 2.24. The molecular formula is C14H19NO5. The van der Waals surface area contributed by atoms with Crippen LogP contribution in [0.5, 0.6) is 11.5 Å². The van der Waals surface area contributed by atoms with Gasteiger partial charge in [-0.3, -0.25) is 9.59 Å². The molecule has 0 aliphatic carbocycles. The van der Waals surface area contributed by atoms with E-state index < -0.39 is 11.9 Å². The monoisotopic (exact) mass is 281 g/mol. The molecule has 0 atom stereocenters. The van der Waals surface area contributed by atoms with Crippen molar-refractivity contribution in [2.75, 3.05) is 27.3 Å². The van der Waals surface area contributed by atoms with Crippen molar-refractivity contribution in [2.24, 2.45) is 0 Å². The van der Waals surface area contributed by atoms with Gasteiger partial charge in [0.15, 0.2) is 0 Å². The minimum Gasteiger partial charge on any atom is -0.507 e. The van der Waals surface area contributed by atoms with E-state index in [9.17, 15) is 14.7 Å². The van der Waals surface area contributed by atoms with Gasteiger partial charge in [0.2, 0.25) is 0 Å². The van der Waals surface area contributed by atoms with Crippen LogP contribution in [0.3, 0.4) is 0 Å². The summed E-state index contributed by atoms with van der Waals surface area (Å²) >= 11 is 0. The largest absolute Gasteiger partial charge is 0.507 e. The fraction of sp³-hybridized carbons (Fsp3) is 0.429. The summed E-state index contributed by atoms with van der Waals surface area (Å²) in [5, 5.41) is 9.79. The molecule has 0 aliphatic heterocycles. The van der Waals surface area contributed by atoms with E-state index in [1.165, 1.54) is 31.3 Å². The van der Waals surface area contributed by atoms with Crippen LogP contribution in [-0.2, 0) is 9.53 Å². The molecule has 0 saturated carbocycles. The van der Waals surface area contributed by atoms with Crippen LogP contribution in [0.1, 0.15) is 23.7 Å². The Bertz CT molecular complexity index is 486. The summed E-state index contributed by atoms with van der Waals surface area (Å²) in [5.74, 6) is -0.634. The molecule has 110 valence electrons. The number of carbonyl (C=O) groups excluding carboxylic acids is 2. The van der Waals surface area contributed by atoms with Crippen molar-refractivity contribution in [1.29, 1.82) is 0 Å². The Morgan fingerprint density at radius 2 is 2.00 bits per heavy atom. The molecule has 0 fully saturated rings. The lowest BCUT2D eigenvalue weighted by Crippen LogP contribution is -2.36. The normalized spacial score (nSPS) is 9.95. The van der Waals surface area contributed by atoms with Gasteiger partial charge in [0.25, 0.3) is 5.91 Å². The Morgan fingerprint density at radius 3 is 2.55 bits per heavy atom. The average Bonchev–Trinajstić information content (AvgIpc) is 2.46. The maximum atomic E-state index is 12.4. The number of methoxy groups -OCH3 is 2. The van der Waals surface area contributed by atoms with E-state index in [1.54, 1.807) is 6.07 Å². The molecule has 0 radical (unpaired) electrons. The van der Waals surface area contributed by atoms with Crippen LogP contribution in [0.4, 0.5) is 0 Å². The zero-order valence-electron chi connectivity index (χ0n) is 11.9. The number of aromatic hydroxyl groups is 1. The van der Waals surface area contributed by atoms with Crippen molar-refractivity contribution in [3.63, 3.8) is 0 Å². The van der Waals surface area contributed by atoms with Crippen LogP contribution >= 0.6 is 0 Å². The quantitative estimate of drug-likeness (QED) is 0.798. The van der Waals surface area contributed by atoms with Crippen LogP contribution in [0.25, 0.3) is 0 Å². The summed E-state index contributed by atoms with van der Waals surface area (Å²) in [4.78, 5) is 25.0. The minimum absolute atomic E-state index is 0.0988. The summed E-state index contributed by atoms with van der Waals surface area (Å²) in [5.41, 5.74) is 0.0988. The molecule has 0 aliphatic rings. The van der Waals surface area contributed by atoms with Crippen LogP contribution in [0.15, 0.2) is 18.2 Å². The lowest BCUT2D eigenvalue weighted by atomic mass is 10.1. The van der Waals surface area contributed by atoms with E-state index in [-0.39, 0.29) is 17.9 Å². The number of esters is 1. The second kappa shape index (κ2) is 7.37. The molecule has 0 saturated heterocycles. The lowest BCUT2D eigenvalue weighted by Gasteiger charge is -2.21. The standard InChI is InChI=1S/C14H19NO5/c1-4-7-15(9-13(17)20-3)14(18)11-8-10(19-2)5-6-12(11)16/h5-6,8,16H,4,7,9H2,1-3H3. The lowest BCUT2D eigenvalue weighted by molar-refractivity contribution is -0.141. The maximum absolute atomic E-state index is 12.4. The number of hydrogen-bond acceptors (Lipinski definition) is 5. The number of rotatable bonds is 6. The molecule has 1 aromatic rings. The van der Waals surface area contributed by atoms with E-state index >= 15 is 0 Å². The van der Waals surface area contributed by atoms with Crippen LogP contribution < -0.4 is 4.74 Å². The number of amides is 1. The molecule has 1 aromatic carbocycles. The summed E-state index contributed by atoms with van der Waals surface area (Å²) < 4.78 is 9.60. The van der Waals surface area contributed by atoms with Gasteiger partial charge in [-0.05, 0) is 24.6 Å². The molecule has 0 aromatic heterocycles. The van der Waals surface area contributed by atoms with Gasteiger partial charge in [0, 0.05) is 6.54 Å². The Balaban J connectivity index is 3.01. The van der Waals surface area contributed by atoms with E-state index in [2.05, 4.69) is 4.74 Å². The Kier molecular flexibility index (Phi) is 5.83. The fourth-order valence-electron chi connectivity index (χ4n) is 1.73. The topological polar surface area (TPSA) is 76.1 Å². The predicted molar refractivity (Wildman–Crippen MR) is 72.9 cm³/mol. The zero-order valence-corrected chi connectivity index (χ0v) is 11.9. The first-order chi connectivity index (χ1) is 9.53. The second-order valence-corrected chi connectivity index (χ2v) is 4.19. The number of hydrogen-bond donors (Lipinski definition) is 1. The van der Waals surface area contributed by atoms with Gasteiger partial charge in [-0.25, -0.2) is 0 Å². The van der Waals surface area contributed by atoms with Crippen molar-refractivity contribution >= 4 is 11.9 Å². The van der Waals surface area contributed by atoms with Gasteiger partial charge >= 0.3 is 5.97 Å². The fourth-order valence-corrected chi connectivity index (χ4v) is 1.73. The molecule has 0 heterocycles. The molecule has 20 heavy (non-hydrogen) atoms. The molecule has 6 heteroatoms. The minimum atomic E-state index is -0.505. The first-order valence-corrected chi connectivity index (χ1v) is 6.26. The van der Waals surface area contributed by atoms with Crippen molar-refractivity contribution in [2.45, 2.75) is 13.3 Å². The Labute approximate surface area is 117 Å². The summed E-state index contributed by atoms with van der Waals surface area (Å²) in [6.45, 7) is 2.13. The molecule has 0 spiro atoms. The van der Waals surface area contributed by atoms with Gasteiger partial charge in [-0.1, -0.05) is 6.92 Å². The van der Waals surface area contributed by atoms with Gasteiger partial charge in [-0.15, -0.1) is 0 Å². The highest BCUT2D eigenvalue weighted by molar-refractivity contribution is 5.98. The number of carbonyl (C=O) groups is 2. The van der Waals surface area contributed by atoms with Crippen molar-refractivity contribution < 1.29 is 24.2 Å². The molecular weight excluding hydrogens is 262 g/mol. The van der Waals surface area contributed by atoms with Gasteiger partial charge in [0.1, 0.15) is 18.0 Å². The van der Waals surface area contributed by atoms with E-state index in [4.69, 9.17) is 4.74 Å². The van der Waals surface area contributed by atoms with E-state index in [0.717, 1.165) is 0 Å². The molecule has 1 amide bonds. The van der Waals surface area contributed by atoms with E-state index in [1.807, 2.05) is 6.92 Å². The van der Waals surface area contributed by atoms with Crippen molar-refractivity contribution in [1.82, 2.24) is 4.90 Å². The predicted octanol–water partition coefficient (Wildman–Crippen LogP) is 1.43. The third-order valence-electron chi connectivity index (χ3n) is 2.76. The summed E-state index contributed by atoms with van der Waals surface area (Å²) in [6, 6.07) is 4.38. The number of nitrogens with zero attached hydrogens (tertiary/aromatic N) is 1. The van der Waals surface area contributed by atoms with Crippen molar-refractivity contribution in [3.05, 3.63) is 23.8 Å². The molecule has 1 N–H and O–H groups in total. The van der Waals surface area contributed by atoms with Crippen LogP contribution in [-0.4, -0.2) is 49.2 Å². The number of ether oxygens (including phenoxy) is 2. The third kappa shape index (κ3) is 3.88. The van der Waals surface area contributed by atoms with Crippen molar-refractivity contribution in [3.8, 4) is 11.5 Å². The maximum Gasteiger partial charge on any atom is 0.325 e. The second-order valence-electron chi connectivity index (χ2n) is 4.19. The first kappa shape index (κ1) is 15.8. The highest BCUT2D eigenvalue weighted by Gasteiger charge is 2.21. The molecule has 0 unspecified atom stereocenters. The molecule has 6 nitrogen and oxygen atoms in total. The van der Waals surface area contributed by atoms with E-state index in [0.29, 0.717) is 18.7 Å². The highest BCUT2D eigenvalue weighted by atomic mass is 16.5. The summed E-state index contributed by atoms with van der Waals surface area (Å²) in [6.07, 6.45) is 0.688. The third-order valence-corrected chi connectivity index (χ3v) is 2.76. The Hall–Kier alpha value is -2.24. The average molecular weight is 281 g/mol.